The van der Waals surface area contributed by atoms with Crippen LogP contribution >= 0.6 is 11.8 Å². The Balaban J connectivity index is 1.77. The van der Waals surface area contributed by atoms with Crippen LogP contribution in [0.5, 0.6) is 0 Å². The average molecular weight is 394 g/mol. The van der Waals surface area contributed by atoms with Gasteiger partial charge in [-0.2, -0.15) is 0 Å². The number of anilines is 1. The molecule has 1 heterocycles. The minimum Gasteiger partial charge on any atom is -0.478 e. The topological polar surface area (TPSA) is 66.3 Å². The van der Waals surface area contributed by atoms with Crippen molar-refractivity contribution in [3.05, 3.63) is 82.5 Å². The van der Waals surface area contributed by atoms with Crippen LogP contribution in [0.3, 0.4) is 0 Å². The van der Waals surface area contributed by atoms with Crippen molar-refractivity contribution in [2.45, 2.75) is 31.3 Å². The van der Waals surface area contributed by atoms with Crippen LogP contribution < -0.4 is 4.90 Å². The molecule has 0 amide bonds. The third kappa shape index (κ3) is 4.89. The van der Waals surface area contributed by atoms with Gasteiger partial charge in [0.05, 0.1) is 5.56 Å². The number of carboxylic acid groups (broad SMARTS) is 1. The summed E-state index contributed by atoms with van der Waals surface area (Å²) in [6, 6.07) is 17.3. The van der Waals surface area contributed by atoms with Crippen molar-refractivity contribution in [2.75, 3.05) is 11.9 Å². The van der Waals surface area contributed by atoms with Crippen molar-refractivity contribution in [3.8, 4) is 0 Å². The van der Waals surface area contributed by atoms with Crippen molar-refractivity contribution in [1.29, 1.82) is 0 Å². The van der Waals surface area contributed by atoms with Crippen molar-refractivity contribution in [2.24, 2.45) is 0 Å². The molecular formula is C22H23N3O2S. The Kier molecular flexibility index (Phi) is 6.31. The van der Waals surface area contributed by atoms with Gasteiger partial charge in [-0.3, -0.25) is 0 Å². The summed E-state index contributed by atoms with van der Waals surface area (Å²) in [7, 11) is 2.03. The van der Waals surface area contributed by atoms with Gasteiger partial charge in [-0.15, -0.1) is 0 Å². The zero-order valence-electron chi connectivity index (χ0n) is 16.2. The van der Waals surface area contributed by atoms with E-state index in [4.69, 9.17) is 10.1 Å². The molecule has 5 nitrogen and oxygen atoms in total. The molecule has 0 saturated heterocycles. The Bertz CT molecular complexity index is 977. The lowest BCUT2D eigenvalue weighted by Crippen LogP contribution is -2.20. The van der Waals surface area contributed by atoms with E-state index in [1.165, 1.54) is 17.3 Å². The molecular weight excluding hydrogens is 370 g/mol. The highest BCUT2D eigenvalue weighted by molar-refractivity contribution is 7.98. The number of hydrogen-bond acceptors (Lipinski definition) is 5. The first-order chi connectivity index (χ1) is 13.4. The molecule has 0 saturated carbocycles. The van der Waals surface area contributed by atoms with E-state index in [0.29, 0.717) is 16.5 Å². The number of hydrogen-bond donors (Lipinski definition) is 1. The van der Waals surface area contributed by atoms with Gasteiger partial charge < -0.3 is 10.0 Å². The highest BCUT2D eigenvalue weighted by Crippen LogP contribution is 2.26. The number of carboxylic acids is 1. The second kappa shape index (κ2) is 8.89. The van der Waals surface area contributed by atoms with E-state index in [9.17, 15) is 4.79 Å². The fourth-order valence-corrected chi connectivity index (χ4v) is 3.73. The average Bonchev–Trinajstić information content (AvgIpc) is 2.69. The van der Waals surface area contributed by atoms with Crippen LogP contribution in [0.25, 0.3) is 0 Å². The number of benzene rings is 2. The van der Waals surface area contributed by atoms with Gasteiger partial charge in [0.2, 0.25) is 0 Å². The van der Waals surface area contributed by atoms with E-state index in [0.717, 1.165) is 29.2 Å². The van der Waals surface area contributed by atoms with Gasteiger partial charge >= 0.3 is 5.97 Å². The van der Waals surface area contributed by atoms with Crippen LogP contribution in [-0.2, 0) is 12.3 Å². The van der Waals surface area contributed by atoms with Gasteiger partial charge in [0.25, 0.3) is 0 Å². The molecule has 6 heteroatoms. The minimum absolute atomic E-state index is 0.294. The van der Waals surface area contributed by atoms with Crippen LogP contribution in [0.2, 0.25) is 0 Å². The molecule has 2 aromatic carbocycles. The molecule has 0 radical (unpaired) electrons. The Morgan fingerprint density at radius 2 is 1.75 bits per heavy atom. The molecule has 28 heavy (non-hydrogen) atoms. The SMILES string of the molecule is Cc1nc(SCc2cccc(C(=O)O)c2)nc(N(C)Cc2ccccc2)c1C. The Morgan fingerprint density at radius 1 is 1.04 bits per heavy atom. The molecule has 0 aliphatic heterocycles. The van der Waals surface area contributed by atoms with Crippen LogP contribution in [0.4, 0.5) is 5.82 Å². The molecule has 0 spiro atoms. The lowest BCUT2D eigenvalue weighted by Gasteiger charge is -2.21. The molecule has 3 rings (SSSR count). The summed E-state index contributed by atoms with van der Waals surface area (Å²) in [4.78, 5) is 22.6. The molecule has 3 aromatic rings. The van der Waals surface area contributed by atoms with E-state index in [1.54, 1.807) is 18.2 Å². The summed E-state index contributed by atoms with van der Waals surface area (Å²) in [5.41, 5.74) is 4.47. The number of aromatic carboxylic acids is 1. The van der Waals surface area contributed by atoms with Crippen molar-refractivity contribution in [3.63, 3.8) is 0 Å². The summed E-state index contributed by atoms with van der Waals surface area (Å²) in [5.74, 6) is 0.614. The number of thioether (sulfide) groups is 1. The number of aryl methyl sites for hydroxylation is 1. The molecule has 0 aliphatic rings. The largest absolute Gasteiger partial charge is 0.478 e. The molecule has 144 valence electrons. The first-order valence-corrected chi connectivity index (χ1v) is 9.98. The Morgan fingerprint density at radius 3 is 2.46 bits per heavy atom. The Hall–Kier alpha value is -2.86. The van der Waals surface area contributed by atoms with Gasteiger partial charge in [0.1, 0.15) is 5.82 Å². The maximum absolute atomic E-state index is 11.1. The lowest BCUT2D eigenvalue weighted by molar-refractivity contribution is 0.0697. The number of nitrogens with zero attached hydrogens (tertiary/aromatic N) is 3. The summed E-state index contributed by atoms with van der Waals surface area (Å²) in [5, 5.41) is 9.84. The van der Waals surface area contributed by atoms with Gasteiger partial charge in [0.15, 0.2) is 5.16 Å². The van der Waals surface area contributed by atoms with Gasteiger partial charge in [0, 0.05) is 30.6 Å². The summed E-state index contributed by atoms with van der Waals surface area (Å²) >= 11 is 1.51. The van der Waals surface area contributed by atoms with Crippen LogP contribution in [0.1, 0.15) is 32.7 Å². The fourth-order valence-electron chi connectivity index (χ4n) is 2.90. The number of rotatable bonds is 7. The summed E-state index contributed by atoms with van der Waals surface area (Å²) in [6.45, 7) is 4.80. The third-order valence-corrected chi connectivity index (χ3v) is 5.43. The minimum atomic E-state index is -0.917. The highest BCUT2D eigenvalue weighted by atomic mass is 32.2. The van der Waals surface area contributed by atoms with Crippen molar-refractivity contribution < 1.29 is 9.90 Å². The molecule has 0 unspecified atom stereocenters. The second-order valence-electron chi connectivity index (χ2n) is 6.68. The monoisotopic (exact) mass is 393 g/mol. The summed E-state index contributed by atoms with van der Waals surface area (Å²) in [6.07, 6.45) is 0. The smallest absolute Gasteiger partial charge is 0.335 e. The van der Waals surface area contributed by atoms with E-state index in [-0.39, 0.29) is 0 Å². The maximum atomic E-state index is 11.1. The van der Waals surface area contributed by atoms with Crippen LogP contribution in [0.15, 0.2) is 59.8 Å². The van der Waals surface area contributed by atoms with Gasteiger partial charge in [-0.1, -0.05) is 54.2 Å². The van der Waals surface area contributed by atoms with Crippen molar-refractivity contribution in [1.82, 2.24) is 9.97 Å². The quantitative estimate of drug-likeness (QED) is 0.463. The maximum Gasteiger partial charge on any atom is 0.335 e. The van der Waals surface area contributed by atoms with E-state index in [2.05, 4.69) is 22.0 Å². The highest BCUT2D eigenvalue weighted by Gasteiger charge is 2.13. The van der Waals surface area contributed by atoms with Crippen LogP contribution in [-0.4, -0.2) is 28.1 Å². The van der Waals surface area contributed by atoms with Gasteiger partial charge in [-0.05, 0) is 37.1 Å². The van der Waals surface area contributed by atoms with E-state index >= 15 is 0 Å². The van der Waals surface area contributed by atoms with Crippen molar-refractivity contribution >= 4 is 23.5 Å². The molecule has 0 fully saturated rings. The molecule has 0 atom stereocenters. The molecule has 0 bridgehead atoms. The third-order valence-electron chi connectivity index (χ3n) is 4.51. The molecule has 1 N–H and O–H groups in total. The molecule has 1 aromatic heterocycles. The Labute approximate surface area is 169 Å². The summed E-state index contributed by atoms with van der Waals surface area (Å²) < 4.78 is 0. The van der Waals surface area contributed by atoms with Crippen LogP contribution in [0, 0.1) is 13.8 Å². The van der Waals surface area contributed by atoms with Gasteiger partial charge in [-0.25, -0.2) is 14.8 Å². The number of carbonyl (C=O) groups is 1. The lowest BCUT2D eigenvalue weighted by atomic mass is 10.1. The zero-order chi connectivity index (χ0) is 20.1. The second-order valence-corrected chi connectivity index (χ2v) is 7.62. The van der Waals surface area contributed by atoms with E-state index in [1.807, 2.05) is 45.2 Å². The zero-order valence-corrected chi connectivity index (χ0v) is 17.0. The standard InChI is InChI=1S/C22H23N3O2S/c1-15-16(2)23-22(28-14-18-10-7-11-19(12-18)21(26)27)24-20(15)25(3)13-17-8-5-4-6-9-17/h4-12H,13-14H2,1-3H3,(H,26,27). The first-order valence-electron chi connectivity index (χ1n) is 8.99. The predicted molar refractivity (Wildman–Crippen MR) is 113 cm³/mol. The molecule has 0 aliphatic carbocycles. The fraction of sp³-hybridized carbons (Fsp3) is 0.227. The predicted octanol–water partition coefficient (Wildman–Crippen LogP) is 4.72. The first kappa shape index (κ1) is 19.9. The number of aromatic nitrogens is 2. The normalized spacial score (nSPS) is 10.7. The van der Waals surface area contributed by atoms with E-state index < -0.39 is 5.97 Å².